The van der Waals surface area contributed by atoms with Gasteiger partial charge in [-0.25, -0.2) is 28.5 Å². The average molecular weight is 554 g/mol. The van der Waals surface area contributed by atoms with Gasteiger partial charge in [0.2, 0.25) is 0 Å². The van der Waals surface area contributed by atoms with Crippen molar-refractivity contribution in [2.75, 3.05) is 24.6 Å². The third kappa shape index (κ3) is 6.33. The van der Waals surface area contributed by atoms with Crippen LogP contribution in [0, 0.1) is 5.82 Å². The summed E-state index contributed by atoms with van der Waals surface area (Å²) in [7, 11) is 0. The molecule has 2 fully saturated rings. The van der Waals surface area contributed by atoms with E-state index in [-0.39, 0.29) is 18.7 Å². The molecule has 1 atom stereocenters. The maximum Gasteiger partial charge on any atom is 0.422 e. The van der Waals surface area contributed by atoms with Gasteiger partial charge in [-0.15, -0.1) is 0 Å². The summed E-state index contributed by atoms with van der Waals surface area (Å²) >= 11 is 0. The SMILES string of the molecule is CCOC(=O)c1cnn2ccc(N3CCCC3c3cc(F)cnc3CCN(NC(=O)OC(C)(C)C)C3CC3)nc12. The molecule has 3 aromatic rings. The van der Waals surface area contributed by atoms with Crippen molar-refractivity contribution in [2.24, 2.45) is 0 Å². The predicted octanol–water partition coefficient (Wildman–Crippen LogP) is 4.23. The number of nitrogens with zero attached hydrogens (tertiary/aromatic N) is 6. The van der Waals surface area contributed by atoms with Crippen LogP contribution in [0.4, 0.5) is 15.0 Å². The third-order valence-corrected chi connectivity index (χ3v) is 6.94. The Morgan fingerprint density at radius 2 is 2.02 bits per heavy atom. The van der Waals surface area contributed by atoms with Gasteiger partial charge in [0.05, 0.1) is 25.0 Å². The number of hydrazine groups is 1. The largest absolute Gasteiger partial charge is 0.462 e. The fourth-order valence-electron chi connectivity index (χ4n) is 5.08. The summed E-state index contributed by atoms with van der Waals surface area (Å²) < 4.78 is 26.7. The van der Waals surface area contributed by atoms with Gasteiger partial charge in [0.1, 0.15) is 22.8 Å². The number of esters is 1. The first-order valence-corrected chi connectivity index (χ1v) is 13.8. The summed E-state index contributed by atoms with van der Waals surface area (Å²) in [5.74, 6) is -0.209. The lowest BCUT2D eigenvalue weighted by atomic mass is 10.0. The number of aromatic nitrogens is 4. The van der Waals surface area contributed by atoms with E-state index >= 15 is 0 Å². The van der Waals surface area contributed by atoms with Crippen molar-refractivity contribution in [1.29, 1.82) is 0 Å². The second-order valence-electron chi connectivity index (χ2n) is 11.2. The van der Waals surface area contributed by atoms with Gasteiger partial charge in [0, 0.05) is 37.4 Å². The first kappa shape index (κ1) is 27.8. The zero-order valence-corrected chi connectivity index (χ0v) is 23.4. The normalized spacial score (nSPS) is 17.4. The Labute approximate surface area is 232 Å². The summed E-state index contributed by atoms with van der Waals surface area (Å²) in [6.07, 6.45) is 8.17. The molecule has 5 rings (SSSR count). The highest BCUT2D eigenvalue weighted by Crippen LogP contribution is 2.37. The monoisotopic (exact) mass is 553 g/mol. The van der Waals surface area contributed by atoms with Crippen molar-refractivity contribution in [3.05, 3.63) is 53.4 Å². The summed E-state index contributed by atoms with van der Waals surface area (Å²) in [5, 5.41) is 6.13. The quantitative estimate of drug-likeness (QED) is 0.307. The summed E-state index contributed by atoms with van der Waals surface area (Å²) in [6, 6.07) is 3.50. The first-order chi connectivity index (χ1) is 19.1. The first-order valence-electron chi connectivity index (χ1n) is 13.8. The molecule has 0 bridgehead atoms. The van der Waals surface area contributed by atoms with Gasteiger partial charge in [-0.1, -0.05) is 0 Å². The molecule has 11 nitrogen and oxygen atoms in total. The van der Waals surface area contributed by atoms with E-state index in [2.05, 4.69) is 20.4 Å². The number of halogens is 1. The van der Waals surface area contributed by atoms with E-state index in [0.29, 0.717) is 30.0 Å². The van der Waals surface area contributed by atoms with E-state index in [1.807, 2.05) is 31.8 Å². The number of nitrogens with one attached hydrogen (secondary N) is 1. The van der Waals surface area contributed by atoms with Crippen LogP contribution in [0.1, 0.15) is 81.0 Å². The number of carbonyl (C=O) groups is 2. The van der Waals surface area contributed by atoms with Crippen molar-refractivity contribution in [3.8, 4) is 0 Å². The number of ether oxygens (including phenoxy) is 2. The van der Waals surface area contributed by atoms with Crippen LogP contribution in [0.25, 0.3) is 5.65 Å². The van der Waals surface area contributed by atoms with Gasteiger partial charge in [0.15, 0.2) is 5.65 Å². The maximum absolute atomic E-state index is 14.5. The highest BCUT2D eigenvalue weighted by Gasteiger charge is 2.33. The van der Waals surface area contributed by atoms with Crippen molar-refractivity contribution < 1.29 is 23.5 Å². The summed E-state index contributed by atoms with van der Waals surface area (Å²) in [4.78, 5) is 36.2. The molecule has 0 radical (unpaired) electrons. The average Bonchev–Trinajstić information content (AvgIpc) is 3.46. The molecule has 3 aromatic heterocycles. The number of fused-ring (bicyclic) bond motifs is 1. The lowest BCUT2D eigenvalue weighted by Crippen LogP contribution is -2.47. The number of carbonyl (C=O) groups excluding carboxylic acids is 2. The van der Waals surface area contributed by atoms with E-state index in [1.165, 1.54) is 12.4 Å². The Hall–Kier alpha value is -3.80. The van der Waals surface area contributed by atoms with Gasteiger partial charge < -0.3 is 14.4 Å². The van der Waals surface area contributed by atoms with Crippen LogP contribution in [0.3, 0.4) is 0 Å². The second kappa shape index (κ2) is 11.4. The van der Waals surface area contributed by atoms with E-state index in [4.69, 9.17) is 14.5 Å². The molecule has 2 aliphatic rings. The topological polar surface area (TPSA) is 114 Å². The number of hydrogen-bond acceptors (Lipinski definition) is 9. The molecule has 1 aliphatic carbocycles. The van der Waals surface area contributed by atoms with Crippen molar-refractivity contribution in [3.63, 3.8) is 0 Å². The van der Waals surface area contributed by atoms with E-state index in [1.54, 1.807) is 23.7 Å². The summed E-state index contributed by atoms with van der Waals surface area (Å²) in [6.45, 7) is 8.73. The number of anilines is 1. The second-order valence-corrected chi connectivity index (χ2v) is 11.2. The van der Waals surface area contributed by atoms with Crippen LogP contribution in [-0.4, -0.2) is 68.0 Å². The highest BCUT2D eigenvalue weighted by atomic mass is 19.1. The molecule has 0 spiro atoms. The molecular formula is C28H36FN7O4. The molecule has 214 valence electrons. The van der Waals surface area contributed by atoms with Gasteiger partial charge in [0.25, 0.3) is 0 Å². The van der Waals surface area contributed by atoms with Crippen LogP contribution in [0.5, 0.6) is 0 Å². The van der Waals surface area contributed by atoms with Gasteiger partial charge in [-0.05, 0) is 71.1 Å². The Morgan fingerprint density at radius 1 is 1.23 bits per heavy atom. The van der Waals surface area contributed by atoms with Crippen molar-refractivity contribution >= 4 is 23.5 Å². The third-order valence-electron chi connectivity index (χ3n) is 6.94. The smallest absolute Gasteiger partial charge is 0.422 e. The molecule has 12 heteroatoms. The maximum atomic E-state index is 14.5. The molecule has 1 amide bonds. The minimum atomic E-state index is -0.595. The number of hydrogen-bond donors (Lipinski definition) is 1. The van der Waals surface area contributed by atoms with Crippen LogP contribution in [-0.2, 0) is 15.9 Å². The van der Waals surface area contributed by atoms with Crippen LogP contribution >= 0.6 is 0 Å². The predicted molar refractivity (Wildman–Crippen MR) is 145 cm³/mol. The van der Waals surface area contributed by atoms with Crippen molar-refractivity contribution in [2.45, 2.75) is 77.5 Å². The lowest BCUT2D eigenvalue weighted by molar-refractivity contribution is 0.0315. The Balaban J connectivity index is 1.37. The highest BCUT2D eigenvalue weighted by molar-refractivity contribution is 5.95. The summed E-state index contributed by atoms with van der Waals surface area (Å²) in [5.41, 5.74) is 4.56. The number of rotatable bonds is 9. The zero-order chi connectivity index (χ0) is 28.4. The van der Waals surface area contributed by atoms with Gasteiger partial charge in [-0.2, -0.15) is 5.10 Å². The molecule has 1 saturated heterocycles. The molecular weight excluding hydrogens is 517 g/mol. The van der Waals surface area contributed by atoms with Gasteiger partial charge in [-0.3, -0.25) is 10.4 Å². The van der Waals surface area contributed by atoms with E-state index in [9.17, 15) is 14.0 Å². The minimum absolute atomic E-state index is 0.143. The molecule has 1 unspecified atom stereocenters. The number of pyridine rings is 1. The lowest BCUT2D eigenvalue weighted by Gasteiger charge is -2.29. The number of amides is 1. The Kier molecular flexibility index (Phi) is 7.88. The van der Waals surface area contributed by atoms with E-state index in [0.717, 1.165) is 43.5 Å². The zero-order valence-electron chi connectivity index (χ0n) is 23.4. The fourth-order valence-corrected chi connectivity index (χ4v) is 5.08. The molecule has 4 heterocycles. The fraction of sp³-hybridized carbons (Fsp3) is 0.536. The Bertz CT molecular complexity index is 1380. The molecule has 40 heavy (non-hydrogen) atoms. The van der Waals surface area contributed by atoms with Crippen LogP contribution < -0.4 is 10.3 Å². The van der Waals surface area contributed by atoms with Crippen molar-refractivity contribution in [1.82, 2.24) is 30.0 Å². The minimum Gasteiger partial charge on any atom is -0.462 e. The molecule has 1 aliphatic heterocycles. The van der Waals surface area contributed by atoms with Gasteiger partial charge >= 0.3 is 12.1 Å². The van der Waals surface area contributed by atoms with E-state index < -0.39 is 23.5 Å². The standard InChI is InChI=1S/C28H36FN7O4/c1-5-39-26(37)21-17-31-36-14-11-24(32-25(21)36)34-12-6-7-23(34)20-15-18(29)16-30-22(20)10-13-35(19-8-9-19)33-27(38)40-28(2,3)4/h11,14-17,19,23H,5-10,12-13H2,1-4H3,(H,33,38). The van der Waals surface area contributed by atoms with Crippen LogP contribution in [0.15, 0.2) is 30.7 Å². The molecule has 0 aromatic carbocycles. The van der Waals surface area contributed by atoms with Crippen LogP contribution in [0.2, 0.25) is 0 Å². The Morgan fingerprint density at radius 3 is 2.75 bits per heavy atom. The molecule has 1 saturated carbocycles. The molecule has 1 N–H and O–H groups in total.